The van der Waals surface area contributed by atoms with Crippen molar-refractivity contribution in [2.75, 3.05) is 13.2 Å². The highest BCUT2D eigenvalue weighted by Gasteiger charge is 2.19. The number of hydrogen-bond acceptors (Lipinski definition) is 5. The summed E-state index contributed by atoms with van der Waals surface area (Å²) in [5.41, 5.74) is 1.24. The van der Waals surface area contributed by atoms with E-state index in [4.69, 9.17) is 9.47 Å². The number of hydrogen-bond donors (Lipinski definition) is 1. The second-order valence-electron chi connectivity index (χ2n) is 5.66. The summed E-state index contributed by atoms with van der Waals surface area (Å²) in [7, 11) is 0. The smallest absolute Gasteiger partial charge is 0.361 e. The predicted octanol–water partition coefficient (Wildman–Crippen LogP) is 3.88. The van der Waals surface area contributed by atoms with Gasteiger partial charge >= 0.3 is 5.97 Å². The van der Waals surface area contributed by atoms with Crippen LogP contribution in [0.1, 0.15) is 55.6 Å². The van der Waals surface area contributed by atoms with Crippen molar-refractivity contribution in [3.63, 3.8) is 0 Å². The van der Waals surface area contributed by atoms with E-state index < -0.39 is 11.8 Å². The van der Waals surface area contributed by atoms with Gasteiger partial charge in [-0.3, -0.25) is 0 Å². The first-order valence-corrected chi connectivity index (χ1v) is 8.61. The Labute approximate surface area is 146 Å². The fourth-order valence-electron chi connectivity index (χ4n) is 2.40. The third kappa shape index (κ3) is 5.35. The molecule has 0 saturated heterocycles. The zero-order chi connectivity index (χ0) is 18.1. The molecule has 0 radical (unpaired) electrons. The molecule has 0 atom stereocenters. The number of halogens is 1. The third-order valence-electron chi connectivity index (χ3n) is 3.74. The highest BCUT2D eigenvalue weighted by molar-refractivity contribution is 5.93. The largest absolute Gasteiger partial charge is 0.461 e. The van der Waals surface area contributed by atoms with Crippen molar-refractivity contribution >= 4 is 5.97 Å². The molecule has 6 nitrogen and oxygen atoms in total. The van der Waals surface area contributed by atoms with Gasteiger partial charge in [0.1, 0.15) is 11.5 Å². The van der Waals surface area contributed by atoms with E-state index in [1.807, 2.05) is 0 Å². The molecule has 0 bridgehead atoms. The van der Waals surface area contributed by atoms with Gasteiger partial charge in [0.15, 0.2) is 5.69 Å². The molecule has 7 heteroatoms. The number of ether oxygens (including phenoxy) is 2. The van der Waals surface area contributed by atoms with Crippen molar-refractivity contribution in [3.8, 4) is 11.3 Å². The highest BCUT2D eigenvalue weighted by atomic mass is 19.1. The molecule has 0 spiro atoms. The lowest BCUT2D eigenvalue weighted by molar-refractivity contribution is 0.0520. The van der Waals surface area contributed by atoms with Crippen LogP contribution in [0.2, 0.25) is 0 Å². The Hall–Kier alpha value is -2.28. The molecule has 0 fully saturated rings. The SMILES string of the molecule is CCCCCCOCc1ccc(-c2n[nH]nc2C(=O)OCC)cc1F. The Morgan fingerprint density at radius 1 is 1.20 bits per heavy atom. The average molecular weight is 349 g/mol. The molecule has 25 heavy (non-hydrogen) atoms. The van der Waals surface area contributed by atoms with Crippen LogP contribution < -0.4 is 0 Å². The summed E-state index contributed by atoms with van der Waals surface area (Å²) < 4.78 is 24.7. The maximum absolute atomic E-state index is 14.3. The molecule has 2 rings (SSSR count). The number of aromatic nitrogens is 3. The van der Waals surface area contributed by atoms with Crippen LogP contribution in [0.3, 0.4) is 0 Å². The number of esters is 1. The number of nitrogens with zero attached hydrogens (tertiary/aromatic N) is 2. The van der Waals surface area contributed by atoms with Gasteiger partial charge in [0.25, 0.3) is 0 Å². The van der Waals surface area contributed by atoms with E-state index >= 15 is 0 Å². The number of nitrogens with one attached hydrogen (secondary N) is 1. The van der Waals surface area contributed by atoms with E-state index in [0.29, 0.717) is 17.7 Å². The third-order valence-corrected chi connectivity index (χ3v) is 3.74. The van der Waals surface area contributed by atoms with Crippen molar-refractivity contribution < 1.29 is 18.7 Å². The minimum Gasteiger partial charge on any atom is -0.461 e. The van der Waals surface area contributed by atoms with Crippen molar-refractivity contribution in [3.05, 3.63) is 35.3 Å². The number of H-pyrrole nitrogens is 1. The topological polar surface area (TPSA) is 77.1 Å². The van der Waals surface area contributed by atoms with Crippen LogP contribution in [0.4, 0.5) is 4.39 Å². The molecule has 136 valence electrons. The van der Waals surface area contributed by atoms with Crippen LogP contribution in [0.5, 0.6) is 0 Å². The second-order valence-corrected chi connectivity index (χ2v) is 5.66. The lowest BCUT2D eigenvalue weighted by Crippen LogP contribution is -2.07. The van der Waals surface area contributed by atoms with Crippen LogP contribution in [0.25, 0.3) is 11.3 Å². The first-order chi connectivity index (χ1) is 12.2. The van der Waals surface area contributed by atoms with E-state index in [2.05, 4.69) is 22.3 Å². The fourth-order valence-corrected chi connectivity index (χ4v) is 2.40. The fraction of sp³-hybridized carbons (Fsp3) is 0.500. The number of carbonyl (C=O) groups is 1. The monoisotopic (exact) mass is 349 g/mol. The Balaban J connectivity index is 2.00. The second kappa shape index (κ2) is 9.88. The standard InChI is InChI=1S/C18H24FN3O3/c1-3-5-6-7-10-24-12-14-9-8-13(11-15(14)19)16-17(21-22-20-16)18(23)25-4-2/h8-9,11H,3-7,10,12H2,1-2H3,(H,20,21,22). The summed E-state index contributed by atoms with van der Waals surface area (Å²) >= 11 is 0. The number of unbranched alkanes of at least 4 members (excludes halogenated alkanes) is 3. The van der Waals surface area contributed by atoms with Gasteiger partial charge < -0.3 is 9.47 Å². The first-order valence-electron chi connectivity index (χ1n) is 8.61. The minimum absolute atomic E-state index is 0.0428. The molecular formula is C18H24FN3O3. The molecule has 0 amide bonds. The Kier molecular flexibility index (Phi) is 7.53. The molecule has 2 aromatic rings. The zero-order valence-corrected chi connectivity index (χ0v) is 14.7. The normalized spacial score (nSPS) is 10.8. The van der Waals surface area contributed by atoms with Crippen LogP contribution in [-0.2, 0) is 16.1 Å². The van der Waals surface area contributed by atoms with Gasteiger partial charge in [-0.05, 0) is 19.4 Å². The summed E-state index contributed by atoms with van der Waals surface area (Å²) in [4.78, 5) is 11.8. The van der Waals surface area contributed by atoms with Crippen molar-refractivity contribution in [1.29, 1.82) is 0 Å². The summed E-state index contributed by atoms with van der Waals surface area (Å²) in [6, 6.07) is 4.66. The van der Waals surface area contributed by atoms with Crippen LogP contribution in [-0.4, -0.2) is 34.6 Å². The number of carbonyl (C=O) groups excluding carboxylic acids is 1. The lowest BCUT2D eigenvalue weighted by atomic mass is 10.1. The molecule has 0 aliphatic rings. The number of benzene rings is 1. The molecule has 0 aliphatic carbocycles. The maximum atomic E-state index is 14.3. The van der Waals surface area contributed by atoms with Gasteiger partial charge in [-0.25, -0.2) is 9.18 Å². The number of rotatable bonds is 10. The Morgan fingerprint density at radius 2 is 2.04 bits per heavy atom. The van der Waals surface area contributed by atoms with Gasteiger partial charge in [-0.1, -0.05) is 38.3 Å². The van der Waals surface area contributed by atoms with Gasteiger partial charge in [0, 0.05) is 17.7 Å². The summed E-state index contributed by atoms with van der Waals surface area (Å²) in [5, 5.41) is 10.1. The van der Waals surface area contributed by atoms with E-state index in [1.54, 1.807) is 19.1 Å². The predicted molar refractivity (Wildman–Crippen MR) is 91.5 cm³/mol. The lowest BCUT2D eigenvalue weighted by Gasteiger charge is -2.07. The molecule has 1 aromatic carbocycles. The van der Waals surface area contributed by atoms with Gasteiger partial charge in [-0.15, -0.1) is 5.10 Å². The molecule has 0 unspecified atom stereocenters. The maximum Gasteiger partial charge on any atom is 0.361 e. The summed E-state index contributed by atoms with van der Waals surface area (Å²) in [6.45, 7) is 4.93. The number of aromatic amines is 1. The van der Waals surface area contributed by atoms with Crippen molar-refractivity contribution in [1.82, 2.24) is 15.4 Å². The van der Waals surface area contributed by atoms with Gasteiger partial charge in [0.05, 0.1) is 13.2 Å². The van der Waals surface area contributed by atoms with E-state index in [0.717, 1.165) is 12.8 Å². The average Bonchev–Trinajstić information content (AvgIpc) is 3.09. The van der Waals surface area contributed by atoms with Crippen LogP contribution >= 0.6 is 0 Å². The summed E-state index contributed by atoms with van der Waals surface area (Å²) in [6.07, 6.45) is 4.47. The van der Waals surface area contributed by atoms with E-state index in [1.165, 1.54) is 18.9 Å². The summed E-state index contributed by atoms with van der Waals surface area (Å²) in [5.74, 6) is -0.991. The molecule has 0 aliphatic heterocycles. The molecule has 1 aromatic heterocycles. The van der Waals surface area contributed by atoms with Gasteiger partial charge in [-0.2, -0.15) is 10.3 Å². The van der Waals surface area contributed by atoms with Crippen molar-refractivity contribution in [2.24, 2.45) is 0 Å². The van der Waals surface area contributed by atoms with Gasteiger partial charge in [0.2, 0.25) is 0 Å². The van der Waals surface area contributed by atoms with Crippen molar-refractivity contribution in [2.45, 2.75) is 46.1 Å². The zero-order valence-electron chi connectivity index (χ0n) is 14.7. The first kappa shape index (κ1) is 19.1. The van der Waals surface area contributed by atoms with E-state index in [9.17, 15) is 9.18 Å². The Morgan fingerprint density at radius 3 is 2.76 bits per heavy atom. The molecular weight excluding hydrogens is 325 g/mol. The quantitative estimate of drug-likeness (QED) is 0.520. The van der Waals surface area contributed by atoms with Crippen LogP contribution in [0, 0.1) is 5.82 Å². The molecule has 1 heterocycles. The molecule has 0 saturated carbocycles. The Bertz CT molecular complexity index is 688. The van der Waals surface area contributed by atoms with E-state index in [-0.39, 0.29) is 24.6 Å². The highest BCUT2D eigenvalue weighted by Crippen LogP contribution is 2.23. The minimum atomic E-state index is -0.592. The molecule has 1 N–H and O–H groups in total. The van der Waals surface area contributed by atoms with Crippen LogP contribution in [0.15, 0.2) is 18.2 Å².